The fraction of sp³-hybridized carbons (Fsp3) is 1.00. The molecule has 17 heteroatoms. The second kappa shape index (κ2) is 14.8. The van der Waals surface area contributed by atoms with E-state index in [-0.39, 0.29) is 13.0 Å². The summed E-state index contributed by atoms with van der Waals surface area (Å²) in [6.45, 7) is 4.14. The van der Waals surface area contributed by atoms with Crippen LogP contribution in [-0.2, 0) is 33.2 Å². The summed E-state index contributed by atoms with van der Waals surface area (Å²) in [6, 6.07) is 0. The van der Waals surface area contributed by atoms with Crippen LogP contribution in [0.25, 0.3) is 0 Å². The van der Waals surface area contributed by atoms with E-state index in [1.54, 1.807) is 13.8 Å². The van der Waals surface area contributed by atoms with Gasteiger partial charge < -0.3 is 84.2 Å². The summed E-state index contributed by atoms with van der Waals surface area (Å²) in [7, 11) is 0. The molecule has 4 saturated heterocycles. The summed E-state index contributed by atoms with van der Waals surface area (Å²) >= 11 is 0. The fourth-order valence-electron chi connectivity index (χ4n) is 5.88. The van der Waals surface area contributed by atoms with Crippen molar-refractivity contribution in [3.8, 4) is 0 Å². The van der Waals surface area contributed by atoms with Gasteiger partial charge in [-0.2, -0.15) is 0 Å². The van der Waals surface area contributed by atoms with Crippen molar-refractivity contribution < 1.29 is 84.2 Å². The Morgan fingerprint density at radius 2 is 1.02 bits per heavy atom. The van der Waals surface area contributed by atoms with Gasteiger partial charge in [0.2, 0.25) is 0 Å². The number of aliphatic hydroxyl groups excluding tert-OH is 10. The minimum Gasteiger partial charge on any atom is -0.394 e. The lowest BCUT2D eigenvalue weighted by molar-refractivity contribution is -0.382. The van der Waals surface area contributed by atoms with Crippen molar-refractivity contribution in [1.29, 1.82) is 0 Å². The monoisotopic (exact) mass is 630 g/mol. The molecule has 10 N–H and O–H groups in total. The smallest absolute Gasteiger partial charge is 0.187 e. The average molecular weight is 631 g/mol. The van der Waals surface area contributed by atoms with Crippen LogP contribution in [0.2, 0.25) is 0 Å². The molecule has 0 aromatic carbocycles. The summed E-state index contributed by atoms with van der Waals surface area (Å²) in [6.07, 6.45) is -25.2. The molecule has 252 valence electrons. The molecule has 0 bridgehead atoms. The zero-order valence-electron chi connectivity index (χ0n) is 24.1. The number of rotatable bonds is 9. The van der Waals surface area contributed by atoms with E-state index in [1.165, 1.54) is 0 Å². The highest BCUT2D eigenvalue weighted by Gasteiger charge is 2.53. The van der Waals surface area contributed by atoms with Gasteiger partial charge in [0.1, 0.15) is 67.1 Å². The Hall–Kier alpha value is -0.680. The van der Waals surface area contributed by atoms with Gasteiger partial charge in [0, 0.05) is 5.92 Å². The van der Waals surface area contributed by atoms with E-state index in [0.717, 1.165) is 0 Å². The van der Waals surface area contributed by atoms with Crippen LogP contribution < -0.4 is 0 Å². The molecule has 4 heterocycles. The number of aliphatic hydroxyl groups is 10. The molecule has 0 amide bonds. The molecule has 0 saturated carbocycles. The molecule has 19 unspecified atom stereocenters. The Morgan fingerprint density at radius 3 is 1.56 bits per heavy atom. The fourth-order valence-corrected chi connectivity index (χ4v) is 5.88. The lowest BCUT2D eigenvalue weighted by Gasteiger charge is -2.49. The molecular formula is C26H46O17. The van der Waals surface area contributed by atoms with Crippen molar-refractivity contribution in [2.24, 2.45) is 5.92 Å². The lowest BCUT2D eigenvalue weighted by Crippen LogP contribution is -2.66. The van der Waals surface area contributed by atoms with E-state index in [2.05, 4.69) is 0 Å². The van der Waals surface area contributed by atoms with Crippen molar-refractivity contribution >= 4 is 0 Å². The SMILES string of the molecule is CCC1OC(OC2C(CO)OC(OC3C(CC)OC(OC4COC(O)C(O)C4O)C(O)C3O)C(O)C2O)C(O)C(O)C1C. The van der Waals surface area contributed by atoms with Crippen LogP contribution in [-0.4, -0.2) is 175 Å². The van der Waals surface area contributed by atoms with Crippen molar-refractivity contribution in [3.63, 3.8) is 0 Å². The van der Waals surface area contributed by atoms with Crippen molar-refractivity contribution in [2.75, 3.05) is 13.2 Å². The van der Waals surface area contributed by atoms with Crippen molar-refractivity contribution in [1.82, 2.24) is 0 Å². The first-order valence-electron chi connectivity index (χ1n) is 14.6. The molecule has 4 fully saturated rings. The van der Waals surface area contributed by atoms with Gasteiger partial charge in [-0.1, -0.05) is 20.8 Å². The van der Waals surface area contributed by atoms with Crippen molar-refractivity contribution in [3.05, 3.63) is 0 Å². The highest BCUT2D eigenvalue weighted by atomic mass is 16.8. The van der Waals surface area contributed by atoms with E-state index in [1.807, 2.05) is 6.92 Å². The quantitative estimate of drug-likeness (QED) is 0.114. The first kappa shape index (κ1) is 35.2. The van der Waals surface area contributed by atoms with E-state index >= 15 is 0 Å². The molecule has 0 aromatic heterocycles. The summed E-state index contributed by atoms with van der Waals surface area (Å²) in [5.41, 5.74) is 0. The third-order valence-electron chi connectivity index (χ3n) is 8.67. The zero-order valence-corrected chi connectivity index (χ0v) is 24.1. The average Bonchev–Trinajstić information content (AvgIpc) is 3.00. The highest BCUT2D eigenvalue weighted by molar-refractivity contribution is 4.96. The van der Waals surface area contributed by atoms with Gasteiger partial charge >= 0.3 is 0 Å². The second-order valence-corrected chi connectivity index (χ2v) is 11.5. The van der Waals surface area contributed by atoms with Gasteiger partial charge in [0.05, 0.1) is 31.5 Å². The van der Waals surface area contributed by atoms with Gasteiger partial charge in [-0.15, -0.1) is 0 Å². The van der Waals surface area contributed by atoms with Crippen LogP contribution in [0.3, 0.4) is 0 Å². The van der Waals surface area contributed by atoms with Gasteiger partial charge in [0.15, 0.2) is 25.2 Å². The molecule has 0 aliphatic carbocycles. The number of ether oxygens (including phenoxy) is 7. The minimum absolute atomic E-state index is 0.191. The third-order valence-corrected chi connectivity index (χ3v) is 8.67. The molecule has 0 aromatic rings. The molecule has 17 nitrogen and oxygen atoms in total. The Bertz CT molecular complexity index is 864. The van der Waals surface area contributed by atoms with Gasteiger partial charge in [0.25, 0.3) is 0 Å². The van der Waals surface area contributed by atoms with Gasteiger partial charge in [-0.05, 0) is 12.8 Å². The lowest BCUT2D eigenvalue weighted by atomic mass is 9.89. The zero-order chi connectivity index (χ0) is 31.7. The predicted molar refractivity (Wildman–Crippen MR) is 137 cm³/mol. The Labute approximate surface area is 248 Å². The molecule has 4 rings (SSSR count). The van der Waals surface area contributed by atoms with Crippen LogP contribution in [0, 0.1) is 5.92 Å². The molecule has 4 aliphatic rings. The van der Waals surface area contributed by atoms with Crippen LogP contribution in [0.15, 0.2) is 0 Å². The van der Waals surface area contributed by atoms with Gasteiger partial charge in [-0.3, -0.25) is 0 Å². The second-order valence-electron chi connectivity index (χ2n) is 11.5. The Morgan fingerprint density at radius 1 is 0.558 bits per heavy atom. The van der Waals surface area contributed by atoms with E-state index in [0.29, 0.717) is 6.42 Å². The molecule has 4 aliphatic heterocycles. The highest BCUT2D eigenvalue weighted by Crippen LogP contribution is 2.35. The normalized spacial score (nSPS) is 53.1. The standard InChI is InChI=1S/C26H46O17/c1-4-9-8(3)13(28)18(33)25(38-9)43-22-11(6-27)40-26(20(35)16(22)31)42-21-10(5-2)39-24(19(34)15(21)30)41-12-7-37-23(36)17(32)14(12)29/h8-36H,4-7H2,1-3H3. The number of hydrogen-bond acceptors (Lipinski definition) is 17. The molecule has 43 heavy (non-hydrogen) atoms. The van der Waals surface area contributed by atoms with Crippen LogP contribution in [0.1, 0.15) is 33.6 Å². The number of hydrogen-bond donors (Lipinski definition) is 10. The van der Waals surface area contributed by atoms with Crippen molar-refractivity contribution in [2.45, 2.75) is 144 Å². The molecule has 0 radical (unpaired) electrons. The van der Waals surface area contributed by atoms with Crippen LogP contribution in [0.4, 0.5) is 0 Å². The first-order valence-corrected chi connectivity index (χ1v) is 14.6. The van der Waals surface area contributed by atoms with E-state index in [9.17, 15) is 51.1 Å². The van der Waals surface area contributed by atoms with Crippen LogP contribution in [0.5, 0.6) is 0 Å². The molecule has 0 spiro atoms. The maximum atomic E-state index is 10.9. The maximum Gasteiger partial charge on any atom is 0.187 e. The summed E-state index contributed by atoms with van der Waals surface area (Å²) < 4.78 is 39.2. The topological polar surface area (TPSA) is 267 Å². The third kappa shape index (κ3) is 7.18. The van der Waals surface area contributed by atoms with E-state index < -0.39 is 123 Å². The Balaban J connectivity index is 1.41. The summed E-state index contributed by atoms with van der Waals surface area (Å²) in [5, 5.41) is 104. The van der Waals surface area contributed by atoms with E-state index in [4.69, 9.17) is 33.2 Å². The maximum absolute atomic E-state index is 10.9. The Kier molecular flexibility index (Phi) is 12.1. The van der Waals surface area contributed by atoms with Crippen LogP contribution >= 0.6 is 0 Å². The van der Waals surface area contributed by atoms with Gasteiger partial charge in [-0.25, -0.2) is 0 Å². The summed E-state index contributed by atoms with van der Waals surface area (Å²) in [5.74, 6) is -0.402. The first-order chi connectivity index (χ1) is 20.3. The molecular weight excluding hydrogens is 584 g/mol. The molecule has 19 atom stereocenters. The predicted octanol–water partition coefficient (Wildman–Crippen LogP) is -5.00. The minimum atomic E-state index is -1.81. The largest absolute Gasteiger partial charge is 0.394 e. The summed E-state index contributed by atoms with van der Waals surface area (Å²) in [4.78, 5) is 0.